The van der Waals surface area contributed by atoms with Crippen molar-refractivity contribution >= 4 is 52.0 Å². The van der Waals surface area contributed by atoms with Crippen LogP contribution in [-0.2, 0) is 0 Å². The van der Waals surface area contributed by atoms with Crippen LogP contribution in [0.3, 0.4) is 0 Å². The Morgan fingerprint density at radius 2 is 1.69 bits per heavy atom. The van der Waals surface area contributed by atoms with Gasteiger partial charge in [0, 0.05) is 12.3 Å². The average molecular weight is 233 g/mol. The topological polar surface area (TPSA) is 12.4 Å². The highest BCUT2D eigenvalue weighted by atomic mass is 32.2. The van der Waals surface area contributed by atoms with E-state index in [2.05, 4.69) is 18.8 Å². The van der Waals surface area contributed by atoms with Crippen LogP contribution in [0, 0.1) is 0 Å². The molecule has 0 saturated heterocycles. The van der Waals surface area contributed by atoms with Gasteiger partial charge in [-0.1, -0.05) is 39.5 Å². The minimum atomic E-state index is 0. The Balaban J connectivity index is -0.000000134. The molecule has 0 aromatic carbocycles. The van der Waals surface area contributed by atoms with Crippen LogP contribution in [0.15, 0.2) is 4.99 Å². The molecule has 0 N–H and O–H groups in total. The smallest absolute Gasteiger partial charge is 0.187 e. The van der Waals surface area contributed by atoms with E-state index in [0.717, 1.165) is 6.54 Å². The predicted molar refractivity (Wildman–Crippen MR) is 75.5 cm³/mol. The second-order valence-electron chi connectivity index (χ2n) is 2.59. The second-order valence-corrected chi connectivity index (χ2v) is 3.54. The fourth-order valence-electron chi connectivity index (χ4n) is 0.764. The van der Waals surface area contributed by atoms with Crippen molar-refractivity contribution in [2.75, 3.05) is 12.3 Å². The van der Waals surface area contributed by atoms with Crippen molar-refractivity contribution in [1.82, 2.24) is 0 Å². The van der Waals surface area contributed by atoms with Crippen LogP contribution in [0.25, 0.3) is 0 Å². The zero-order chi connectivity index (χ0) is 8.36. The predicted octanol–water partition coefficient (Wildman–Crippen LogP) is 0.980. The third-order valence-corrected chi connectivity index (χ3v) is 2.16. The average Bonchev–Trinajstić information content (AvgIpc) is 2.57. The number of nitrogens with zero attached hydrogens (tertiary/aromatic N) is 1. The lowest BCUT2D eigenvalue weighted by molar-refractivity contribution is 0.702. The van der Waals surface area contributed by atoms with Crippen molar-refractivity contribution in [2.24, 2.45) is 4.99 Å². The van der Waals surface area contributed by atoms with Crippen molar-refractivity contribution in [1.29, 1.82) is 0 Å². The number of rotatable bonds is 3. The highest BCUT2D eigenvalue weighted by Crippen LogP contribution is 1.99. The summed E-state index contributed by atoms with van der Waals surface area (Å²) in [4.78, 5) is 3.92. The number of hydrogen-bond acceptors (Lipinski definition) is 2. The molecular weight excluding hydrogens is 208 g/mol. The first-order chi connectivity index (χ1) is 5.41. The van der Waals surface area contributed by atoms with Crippen molar-refractivity contribution in [3.63, 3.8) is 0 Å². The monoisotopic (exact) mass is 233 g/mol. The van der Waals surface area contributed by atoms with Crippen molar-refractivity contribution in [3.05, 3.63) is 0 Å². The molecule has 0 unspecified atom stereocenters. The molecule has 0 amide bonds. The van der Waals surface area contributed by atoms with Crippen LogP contribution in [0.5, 0.6) is 0 Å². The molecule has 0 atom stereocenters. The van der Waals surface area contributed by atoms with Crippen LogP contribution >= 0.6 is 11.8 Å². The van der Waals surface area contributed by atoms with Gasteiger partial charge in [0.1, 0.15) is 0 Å². The molecule has 4 heteroatoms. The summed E-state index contributed by atoms with van der Waals surface area (Å²) in [7, 11) is 0. The summed E-state index contributed by atoms with van der Waals surface area (Å²) in [5, 5.41) is 0. The Morgan fingerprint density at radius 1 is 1.15 bits per heavy atom. The molecule has 0 saturated carbocycles. The van der Waals surface area contributed by atoms with Gasteiger partial charge in [0.2, 0.25) is 0 Å². The maximum absolute atomic E-state index is 3.92. The third-order valence-electron chi connectivity index (χ3n) is 1.44. The van der Waals surface area contributed by atoms with Gasteiger partial charge in [-0.05, 0) is 0 Å². The first-order valence-corrected chi connectivity index (χ1v) is 5.56. The molecule has 1 aliphatic heterocycles. The zero-order valence-electron chi connectivity index (χ0n) is 7.68. The Kier molecular flexibility index (Phi) is 28.4. The molecule has 78 valence electrons. The summed E-state index contributed by atoms with van der Waals surface area (Å²) < 4.78 is 0. The summed E-state index contributed by atoms with van der Waals surface area (Å²) in [6.07, 6.45) is 5.54. The molecule has 0 aromatic heterocycles. The molecule has 1 heterocycles. The standard InChI is InChI=1S/C6H14.C3H5NS.2Al.6H/c1-3-5-6-4-2;1-2-5-3-4-1;;;;;;;;/h3-6H2,1-2H3;3H,1-2H2;;;;;;;;. The van der Waals surface area contributed by atoms with E-state index in [4.69, 9.17) is 0 Å². The van der Waals surface area contributed by atoms with Gasteiger partial charge in [-0.3, -0.25) is 4.99 Å². The molecule has 0 aliphatic carbocycles. The summed E-state index contributed by atoms with van der Waals surface area (Å²) >= 11 is 1.78. The lowest BCUT2D eigenvalue weighted by Crippen LogP contribution is -1.69. The number of aliphatic imine (C=N–C) groups is 1. The summed E-state index contributed by atoms with van der Waals surface area (Å²) in [6, 6.07) is 0. The van der Waals surface area contributed by atoms with E-state index in [-0.39, 0.29) is 34.7 Å². The SMILES string of the molecule is C1=NCCS1.CCCCCC.[AlH3].[AlH3]. The first kappa shape index (κ1) is 19.6. The van der Waals surface area contributed by atoms with Crippen LogP contribution in [0.2, 0.25) is 0 Å². The van der Waals surface area contributed by atoms with Gasteiger partial charge in [-0.2, -0.15) is 0 Å². The lowest BCUT2D eigenvalue weighted by Gasteiger charge is -1.86. The molecule has 0 bridgehead atoms. The Morgan fingerprint density at radius 3 is 1.85 bits per heavy atom. The lowest BCUT2D eigenvalue weighted by atomic mass is 10.2. The zero-order valence-corrected chi connectivity index (χ0v) is 8.49. The molecule has 1 nitrogen and oxygen atoms in total. The van der Waals surface area contributed by atoms with Gasteiger partial charge < -0.3 is 0 Å². The van der Waals surface area contributed by atoms with Gasteiger partial charge in [0.15, 0.2) is 34.7 Å². The van der Waals surface area contributed by atoms with Gasteiger partial charge in [0.25, 0.3) is 0 Å². The summed E-state index contributed by atoms with van der Waals surface area (Å²) in [5.41, 5.74) is 1.90. The molecule has 0 spiro atoms. The third kappa shape index (κ3) is 19.5. The van der Waals surface area contributed by atoms with Crippen molar-refractivity contribution in [3.8, 4) is 0 Å². The van der Waals surface area contributed by atoms with Crippen LogP contribution in [-0.4, -0.2) is 52.6 Å². The molecular formula is C9H25Al2NS. The van der Waals surface area contributed by atoms with E-state index in [1.54, 1.807) is 11.8 Å². The Labute approximate surface area is 108 Å². The Bertz CT molecular complexity index is 89.6. The Hall–Kier alpha value is 1.08. The first-order valence-electron chi connectivity index (χ1n) is 4.51. The summed E-state index contributed by atoms with van der Waals surface area (Å²) in [6.45, 7) is 5.50. The van der Waals surface area contributed by atoms with E-state index in [9.17, 15) is 0 Å². The van der Waals surface area contributed by atoms with E-state index in [1.807, 2.05) is 5.55 Å². The largest absolute Gasteiger partial charge is 0.285 e. The van der Waals surface area contributed by atoms with Gasteiger partial charge >= 0.3 is 0 Å². The molecule has 0 fully saturated rings. The quantitative estimate of drug-likeness (QED) is 0.523. The second kappa shape index (κ2) is 18.8. The van der Waals surface area contributed by atoms with Gasteiger partial charge in [0.05, 0.1) is 5.55 Å². The highest BCUT2D eigenvalue weighted by Gasteiger charge is 1.86. The fourth-order valence-corrected chi connectivity index (χ4v) is 1.29. The number of hydrogen-bond donors (Lipinski definition) is 0. The summed E-state index contributed by atoms with van der Waals surface area (Å²) in [5.74, 6) is 1.19. The minimum Gasteiger partial charge on any atom is -0.285 e. The van der Waals surface area contributed by atoms with E-state index < -0.39 is 0 Å². The van der Waals surface area contributed by atoms with Crippen molar-refractivity contribution < 1.29 is 0 Å². The molecule has 0 radical (unpaired) electrons. The minimum absolute atomic E-state index is 0. The highest BCUT2D eigenvalue weighted by molar-refractivity contribution is 8.12. The molecule has 13 heavy (non-hydrogen) atoms. The van der Waals surface area contributed by atoms with E-state index in [1.165, 1.54) is 31.4 Å². The fraction of sp³-hybridized carbons (Fsp3) is 0.889. The maximum atomic E-state index is 3.92. The van der Waals surface area contributed by atoms with Crippen LogP contribution in [0.4, 0.5) is 0 Å². The van der Waals surface area contributed by atoms with Crippen LogP contribution in [0.1, 0.15) is 39.5 Å². The molecule has 1 aliphatic rings. The van der Waals surface area contributed by atoms with Crippen molar-refractivity contribution in [2.45, 2.75) is 39.5 Å². The number of thioether (sulfide) groups is 1. The molecule has 0 aromatic rings. The maximum Gasteiger partial charge on any atom is 0.187 e. The van der Waals surface area contributed by atoms with E-state index in [0.29, 0.717) is 0 Å². The molecule has 1 rings (SSSR count). The van der Waals surface area contributed by atoms with Gasteiger partial charge in [-0.15, -0.1) is 11.8 Å². The van der Waals surface area contributed by atoms with Crippen LogP contribution < -0.4 is 0 Å². The normalized spacial score (nSPS) is 12.2. The van der Waals surface area contributed by atoms with Gasteiger partial charge in [-0.25, -0.2) is 0 Å². The van der Waals surface area contributed by atoms with E-state index >= 15 is 0 Å². The number of unbranched alkanes of at least 4 members (excludes halogenated alkanes) is 3.